The fraction of sp³-hybridized carbons (Fsp3) is 0.867. The highest BCUT2D eigenvalue weighted by Gasteiger charge is 2.37. The number of carbonyl (C=O) groups excluding carboxylic acids is 1. The first-order valence-electron chi connectivity index (χ1n) is 7.65. The molecule has 0 aromatic heterocycles. The first-order valence-corrected chi connectivity index (χ1v) is 7.65. The maximum absolute atomic E-state index is 12.5. The summed E-state index contributed by atoms with van der Waals surface area (Å²) in [4.78, 5) is 27.9. The lowest BCUT2D eigenvalue weighted by atomic mass is 9.78. The van der Waals surface area contributed by atoms with Gasteiger partial charge in [-0.2, -0.15) is 0 Å². The molecule has 0 aromatic rings. The van der Waals surface area contributed by atoms with Gasteiger partial charge in [0.1, 0.15) is 0 Å². The number of amides is 1. The molecule has 1 heterocycles. The van der Waals surface area contributed by atoms with Crippen LogP contribution in [0.4, 0.5) is 0 Å². The van der Waals surface area contributed by atoms with Gasteiger partial charge in [-0.3, -0.25) is 9.59 Å². The fourth-order valence-corrected chi connectivity index (χ4v) is 3.66. The van der Waals surface area contributed by atoms with Crippen molar-refractivity contribution < 1.29 is 14.7 Å². The van der Waals surface area contributed by atoms with Gasteiger partial charge in [0.2, 0.25) is 5.91 Å². The first-order chi connectivity index (χ1) is 9.49. The van der Waals surface area contributed by atoms with Crippen molar-refractivity contribution in [2.24, 2.45) is 17.8 Å². The van der Waals surface area contributed by atoms with Crippen LogP contribution in [0.1, 0.15) is 32.1 Å². The van der Waals surface area contributed by atoms with Crippen molar-refractivity contribution in [3.63, 3.8) is 0 Å². The quantitative estimate of drug-likeness (QED) is 0.844. The molecule has 0 bridgehead atoms. The van der Waals surface area contributed by atoms with Crippen molar-refractivity contribution in [3.05, 3.63) is 0 Å². The molecule has 1 aliphatic carbocycles. The van der Waals surface area contributed by atoms with Gasteiger partial charge in [0.15, 0.2) is 0 Å². The van der Waals surface area contributed by atoms with Crippen molar-refractivity contribution in [2.75, 3.05) is 33.7 Å². The van der Waals surface area contributed by atoms with Crippen molar-refractivity contribution in [2.45, 2.75) is 32.1 Å². The zero-order valence-corrected chi connectivity index (χ0v) is 12.5. The van der Waals surface area contributed by atoms with Gasteiger partial charge in [-0.25, -0.2) is 0 Å². The molecule has 114 valence electrons. The zero-order valence-electron chi connectivity index (χ0n) is 12.5. The predicted octanol–water partition coefficient (Wildman–Crippen LogP) is 1.29. The highest BCUT2D eigenvalue weighted by atomic mass is 16.4. The zero-order chi connectivity index (χ0) is 14.7. The van der Waals surface area contributed by atoms with E-state index in [0.29, 0.717) is 12.3 Å². The molecule has 1 amide bonds. The number of likely N-dealkylation sites (tertiary alicyclic amines) is 1. The lowest BCUT2D eigenvalue weighted by molar-refractivity contribution is -0.152. The Hall–Kier alpha value is -1.10. The predicted molar refractivity (Wildman–Crippen MR) is 76.3 cm³/mol. The molecule has 2 rings (SSSR count). The van der Waals surface area contributed by atoms with E-state index in [0.717, 1.165) is 45.3 Å². The van der Waals surface area contributed by atoms with Crippen LogP contribution in [0, 0.1) is 17.8 Å². The number of aliphatic carboxylic acids is 1. The third-order valence-electron chi connectivity index (χ3n) is 4.80. The number of carboxylic acids is 1. The Kier molecular flexibility index (Phi) is 5.02. The second-order valence-corrected chi connectivity index (χ2v) is 6.47. The average Bonchev–Trinajstić information content (AvgIpc) is 2.83. The molecule has 0 aromatic carbocycles. The van der Waals surface area contributed by atoms with Crippen molar-refractivity contribution in [3.8, 4) is 0 Å². The second-order valence-electron chi connectivity index (χ2n) is 6.47. The molecular formula is C15H26N2O3. The lowest BCUT2D eigenvalue weighted by Crippen LogP contribution is -2.42. The third kappa shape index (κ3) is 3.51. The van der Waals surface area contributed by atoms with Crippen molar-refractivity contribution in [1.29, 1.82) is 0 Å². The minimum absolute atomic E-state index is 0.0339. The third-order valence-corrected chi connectivity index (χ3v) is 4.80. The number of hydrogen-bond acceptors (Lipinski definition) is 3. The van der Waals surface area contributed by atoms with E-state index in [1.54, 1.807) is 4.90 Å². The standard InChI is InChI=1S/C15H26N2O3/c1-16-8-7-11(9-16)10-17(2)14(18)12-5-3-4-6-13(12)15(19)20/h11-13H,3-10H2,1-2H3,(H,19,20)/t11?,12-,13+/m1/s1. The summed E-state index contributed by atoms with van der Waals surface area (Å²) in [5.74, 6) is -1.04. The molecule has 1 unspecified atom stereocenters. The molecular weight excluding hydrogens is 256 g/mol. The van der Waals surface area contributed by atoms with Crippen LogP contribution in [-0.2, 0) is 9.59 Å². The van der Waals surface area contributed by atoms with Gasteiger partial charge in [-0.1, -0.05) is 12.8 Å². The van der Waals surface area contributed by atoms with Gasteiger partial charge >= 0.3 is 5.97 Å². The largest absolute Gasteiger partial charge is 0.481 e. The van der Waals surface area contributed by atoms with Gasteiger partial charge in [0.05, 0.1) is 11.8 Å². The number of hydrogen-bond donors (Lipinski definition) is 1. The van der Waals surface area contributed by atoms with Gasteiger partial charge in [-0.05, 0) is 38.8 Å². The summed E-state index contributed by atoms with van der Waals surface area (Å²) < 4.78 is 0. The average molecular weight is 282 g/mol. The van der Waals surface area contributed by atoms with E-state index < -0.39 is 11.9 Å². The monoisotopic (exact) mass is 282 g/mol. The molecule has 1 saturated carbocycles. The summed E-state index contributed by atoms with van der Waals surface area (Å²) >= 11 is 0. The number of rotatable bonds is 4. The van der Waals surface area contributed by atoms with E-state index in [9.17, 15) is 14.7 Å². The summed E-state index contributed by atoms with van der Waals surface area (Å²) in [5, 5.41) is 9.28. The lowest BCUT2D eigenvalue weighted by Gasteiger charge is -2.32. The Bertz CT molecular complexity index is 372. The SMILES string of the molecule is CN1CCC(CN(C)C(=O)[C@@H]2CCCC[C@@H]2C(=O)O)C1. The van der Waals surface area contributed by atoms with Crippen LogP contribution in [0.3, 0.4) is 0 Å². The van der Waals surface area contributed by atoms with E-state index in [4.69, 9.17) is 0 Å². The number of carbonyl (C=O) groups is 2. The smallest absolute Gasteiger partial charge is 0.307 e. The Labute approximate surface area is 120 Å². The van der Waals surface area contributed by atoms with Crippen LogP contribution in [0.25, 0.3) is 0 Å². The van der Waals surface area contributed by atoms with E-state index in [-0.39, 0.29) is 11.8 Å². The maximum Gasteiger partial charge on any atom is 0.307 e. The second kappa shape index (κ2) is 6.57. The van der Waals surface area contributed by atoms with E-state index in [2.05, 4.69) is 11.9 Å². The number of nitrogens with zero attached hydrogens (tertiary/aromatic N) is 2. The Balaban J connectivity index is 1.92. The van der Waals surface area contributed by atoms with Crippen molar-refractivity contribution in [1.82, 2.24) is 9.80 Å². The van der Waals surface area contributed by atoms with Crippen LogP contribution in [0.2, 0.25) is 0 Å². The van der Waals surface area contributed by atoms with Gasteiger partial charge in [0, 0.05) is 20.1 Å². The number of carboxylic acid groups (broad SMARTS) is 1. The van der Waals surface area contributed by atoms with Gasteiger partial charge < -0.3 is 14.9 Å². The molecule has 1 saturated heterocycles. The molecule has 2 fully saturated rings. The molecule has 0 radical (unpaired) electrons. The van der Waals surface area contributed by atoms with E-state index >= 15 is 0 Å². The first kappa shape index (κ1) is 15.3. The van der Waals surface area contributed by atoms with Gasteiger partial charge in [-0.15, -0.1) is 0 Å². The summed E-state index contributed by atoms with van der Waals surface area (Å²) in [6.45, 7) is 2.88. The molecule has 1 N–H and O–H groups in total. The molecule has 5 heteroatoms. The van der Waals surface area contributed by atoms with Crippen LogP contribution in [0.15, 0.2) is 0 Å². The van der Waals surface area contributed by atoms with Gasteiger partial charge in [0.25, 0.3) is 0 Å². The summed E-state index contributed by atoms with van der Waals surface area (Å²) in [5.41, 5.74) is 0. The molecule has 20 heavy (non-hydrogen) atoms. The van der Waals surface area contributed by atoms with E-state index in [1.807, 2.05) is 7.05 Å². The minimum atomic E-state index is -0.808. The molecule has 3 atom stereocenters. The van der Waals surface area contributed by atoms with Crippen LogP contribution < -0.4 is 0 Å². The fourth-order valence-electron chi connectivity index (χ4n) is 3.66. The highest BCUT2D eigenvalue weighted by molar-refractivity contribution is 5.84. The summed E-state index contributed by atoms with van der Waals surface area (Å²) in [7, 11) is 3.93. The van der Waals surface area contributed by atoms with E-state index in [1.165, 1.54) is 0 Å². The normalized spacial score (nSPS) is 31.2. The summed E-state index contributed by atoms with van der Waals surface area (Å²) in [6, 6.07) is 0. The molecule has 2 aliphatic rings. The molecule has 1 aliphatic heterocycles. The van der Waals surface area contributed by atoms with Crippen LogP contribution in [0.5, 0.6) is 0 Å². The Morgan fingerprint density at radius 3 is 2.40 bits per heavy atom. The summed E-state index contributed by atoms with van der Waals surface area (Å²) in [6.07, 6.45) is 4.40. The topological polar surface area (TPSA) is 60.9 Å². The van der Waals surface area contributed by atoms with Crippen molar-refractivity contribution >= 4 is 11.9 Å². The maximum atomic E-state index is 12.5. The Morgan fingerprint density at radius 2 is 1.85 bits per heavy atom. The highest BCUT2D eigenvalue weighted by Crippen LogP contribution is 2.32. The minimum Gasteiger partial charge on any atom is -0.481 e. The molecule has 5 nitrogen and oxygen atoms in total. The van der Waals surface area contributed by atoms with Crippen LogP contribution in [-0.4, -0.2) is 60.5 Å². The Morgan fingerprint density at radius 1 is 1.20 bits per heavy atom. The van der Waals surface area contributed by atoms with Crippen LogP contribution >= 0.6 is 0 Å². The molecule has 0 spiro atoms.